The van der Waals surface area contributed by atoms with Gasteiger partial charge in [0.15, 0.2) is 23.2 Å². The lowest BCUT2D eigenvalue weighted by Crippen LogP contribution is -2.46. The van der Waals surface area contributed by atoms with Gasteiger partial charge in [-0.2, -0.15) is 18.3 Å². The molecule has 0 bridgehead atoms. The van der Waals surface area contributed by atoms with Gasteiger partial charge in [-0.25, -0.2) is 4.68 Å². The Morgan fingerprint density at radius 1 is 1.15 bits per heavy atom. The Bertz CT molecular complexity index is 1060. The molecular weight excluding hydrogens is 437 g/mol. The minimum absolute atomic E-state index is 0.0367. The first-order valence-corrected chi connectivity index (χ1v) is 10.9. The number of amides is 1. The maximum atomic E-state index is 14.0. The van der Waals surface area contributed by atoms with Gasteiger partial charge in [0.2, 0.25) is 6.79 Å². The van der Waals surface area contributed by atoms with Gasteiger partial charge in [0.1, 0.15) is 5.82 Å². The highest BCUT2D eigenvalue weighted by molar-refractivity contribution is 5.93. The van der Waals surface area contributed by atoms with E-state index in [0.717, 1.165) is 4.68 Å². The van der Waals surface area contributed by atoms with Crippen LogP contribution in [0.5, 0.6) is 11.5 Å². The zero-order chi connectivity index (χ0) is 24.2. The third kappa shape index (κ3) is 5.04. The number of hydrogen-bond acceptors (Lipinski definition) is 5. The molecule has 2 atom stereocenters. The fraction of sp³-hybridized carbons (Fsp3) is 0.565. The van der Waals surface area contributed by atoms with Gasteiger partial charge in [0.25, 0.3) is 5.91 Å². The first kappa shape index (κ1) is 23.3. The van der Waals surface area contributed by atoms with Crippen molar-refractivity contribution in [3.05, 3.63) is 35.5 Å². The Balaban J connectivity index is 1.61. The highest BCUT2D eigenvalue weighted by atomic mass is 19.4. The number of alkyl halides is 3. The molecule has 1 amide bonds. The normalized spacial score (nSPS) is 20.2. The smallest absolute Gasteiger partial charge is 0.410 e. The van der Waals surface area contributed by atoms with Gasteiger partial charge in [-0.15, -0.1) is 0 Å². The Kier molecular flexibility index (Phi) is 5.53. The number of aromatic nitrogens is 2. The van der Waals surface area contributed by atoms with Crippen molar-refractivity contribution in [2.24, 2.45) is 5.41 Å². The van der Waals surface area contributed by atoms with Gasteiger partial charge >= 0.3 is 6.18 Å². The van der Waals surface area contributed by atoms with E-state index in [2.05, 4.69) is 36.5 Å². The van der Waals surface area contributed by atoms with Crippen molar-refractivity contribution in [2.75, 3.05) is 12.1 Å². The van der Waals surface area contributed by atoms with E-state index >= 15 is 0 Å². The second-order valence-corrected chi connectivity index (χ2v) is 10.5. The number of fused-ring (bicyclic) bond motifs is 2. The van der Waals surface area contributed by atoms with Gasteiger partial charge in [-0.3, -0.25) is 4.79 Å². The number of benzene rings is 1. The van der Waals surface area contributed by atoms with Crippen LogP contribution in [0.4, 0.5) is 19.0 Å². The molecule has 10 heteroatoms. The third-order valence-corrected chi connectivity index (χ3v) is 5.65. The average Bonchev–Trinajstić information content (AvgIpc) is 3.29. The number of nitrogens with one attached hydrogen (secondary N) is 2. The van der Waals surface area contributed by atoms with Crippen LogP contribution in [0.2, 0.25) is 0 Å². The second kappa shape index (κ2) is 7.85. The van der Waals surface area contributed by atoms with Gasteiger partial charge in [-0.1, -0.05) is 26.8 Å². The molecule has 0 aliphatic carbocycles. The predicted molar refractivity (Wildman–Crippen MR) is 116 cm³/mol. The van der Waals surface area contributed by atoms with Gasteiger partial charge in [0.05, 0.1) is 6.04 Å². The molecule has 0 saturated carbocycles. The van der Waals surface area contributed by atoms with Gasteiger partial charge in [-0.05, 0) is 43.4 Å². The standard InChI is InChI=1S/C23H29F3N4O3/c1-21(2,3)11-22(4,5)28-20(31)15-10-19-27-14(9-18(23(24,25)26)30(19)29-15)13-6-7-16-17(8-13)33-12-32-16/h6-8,10,14,18,27H,9,11-12H2,1-5H3,(H,28,31). The van der Waals surface area contributed by atoms with E-state index in [1.54, 1.807) is 18.2 Å². The Morgan fingerprint density at radius 3 is 2.52 bits per heavy atom. The van der Waals surface area contributed by atoms with Crippen LogP contribution in [-0.4, -0.2) is 34.2 Å². The van der Waals surface area contributed by atoms with E-state index in [1.807, 2.05) is 13.8 Å². The number of rotatable bonds is 4. The first-order valence-electron chi connectivity index (χ1n) is 10.9. The van der Waals surface area contributed by atoms with Crippen LogP contribution in [0.15, 0.2) is 24.3 Å². The van der Waals surface area contributed by atoms with Crippen LogP contribution in [0, 0.1) is 5.41 Å². The molecule has 2 aliphatic rings. The van der Waals surface area contributed by atoms with Crippen molar-refractivity contribution < 1.29 is 27.4 Å². The molecular formula is C23H29F3N4O3. The largest absolute Gasteiger partial charge is 0.454 e. The molecule has 2 N–H and O–H groups in total. The quantitative estimate of drug-likeness (QED) is 0.646. The lowest BCUT2D eigenvalue weighted by molar-refractivity contribution is -0.173. The number of anilines is 1. The van der Waals surface area contributed by atoms with Crippen LogP contribution in [-0.2, 0) is 0 Å². The van der Waals surface area contributed by atoms with Gasteiger partial charge < -0.3 is 20.1 Å². The summed E-state index contributed by atoms with van der Waals surface area (Å²) in [6, 6.07) is 3.96. The number of hydrogen-bond donors (Lipinski definition) is 2. The van der Waals surface area contributed by atoms with Crippen LogP contribution in [0.25, 0.3) is 0 Å². The third-order valence-electron chi connectivity index (χ3n) is 5.65. The fourth-order valence-electron chi connectivity index (χ4n) is 4.77. The van der Waals surface area contributed by atoms with Gasteiger partial charge in [0, 0.05) is 18.0 Å². The summed E-state index contributed by atoms with van der Waals surface area (Å²) in [5.41, 5.74) is -0.00519. The molecule has 0 spiro atoms. The molecule has 33 heavy (non-hydrogen) atoms. The zero-order valence-corrected chi connectivity index (χ0v) is 19.3. The lowest BCUT2D eigenvalue weighted by Gasteiger charge is -2.33. The Labute approximate surface area is 190 Å². The summed E-state index contributed by atoms with van der Waals surface area (Å²) < 4.78 is 53.4. The van der Waals surface area contributed by atoms with E-state index in [9.17, 15) is 18.0 Å². The predicted octanol–water partition coefficient (Wildman–Crippen LogP) is 5.22. The fourth-order valence-corrected chi connectivity index (χ4v) is 4.77. The number of nitrogens with zero attached hydrogens (tertiary/aromatic N) is 2. The Hall–Kier alpha value is -2.91. The molecule has 3 heterocycles. The van der Waals surface area contributed by atoms with Crippen LogP contribution >= 0.6 is 0 Å². The minimum Gasteiger partial charge on any atom is -0.454 e. The summed E-state index contributed by atoms with van der Waals surface area (Å²) in [5.74, 6) is 0.695. The van der Waals surface area contributed by atoms with E-state index in [1.165, 1.54) is 6.07 Å². The molecule has 2 aliphatic heterocycles. The van der Waals surface area contributed by atoms with E-state index in [4.69, 9.17) is 9.47 Å². The molecule has 4 rings (SSSR count). The first-order chi connectivity index (χ1) is 15.2. The molecule has 2 unspecified atom stereocenters. The van der Waals surface area contributed by atoms with Crippen LogP contribution < -0.4 is 20.1 Å². The molecule has 180 valence electrons. The topological polar surface area (TPSA) is 77.4 Å². The maximum absolute atomic E-state index is 14.0. The monoisotopic (exact) mass is 466 g/mol. The summed E-state index contributed by atoms with van der Waals surface area (Å²) in [6.45, 7) is 10.0. The van der Waals surface area contributed by atoms with Crippen molar-refractivity contribution in [3.8, 4) is 11.5 Å². The molecule has 0 saturated heterocycles. The highest BCUT2D eigenvalue weighted by Gasteiger charge is 2.47. The van der Waals surface area contributed by atoms with E-state index in [-0.39, 0.29) is 30.1 Å². The molecule has 0 fully saturated rings. The van der Waals surface area contributed by atoms with Crippen LogP contribution in [0.3, 0.4) is 0 Å². The Morgan fingerprint density at radius 2 is 1.85 bits per heavy atom. The summed E-state index contributed by atoms with van der Waals surface area (Å²) in [5, 5.41) is 10.1. The summed E-state index contributed by atoms with van der Waals surface area (Å²) >= 11 is 0. The summed E-state index contributed by atoms with van der Waals surface area (Å²) in [7, 11) is 0. The molecule has 7 nitrogen and oxygen atoms in total. The molecule has 2 aromatic rings. The number of ether oxygens (including phenoxy) is 2. The molecule has 1 aromatic carbocycles. The minimum atomic E-state index is -4.53. The van der Waals surface area contributed by atoms with E-state index in [0.29, 0.717) is 23.5 Å². The van der Waals surface area contributed by atoms with E-state index < -0.39 is 29.7 Å². The number of carbonyl (C=O) groups is 1. The summed E-state index contributed by atoms with van der Waals surface area (Å²) in [4.78, 5) is 12.9. The van der Waals surface area contributed by atoms with Crippen LogP contribution in [0.1, 0.15) is 75.6 Å². The average molecular weight is 467 g/mol. The highest BCUT2D eigenvalue weighted by Crippen LogP contribution is 2.45. The summed E-state index contributed by atoms with van der Waals surface area (Å²) in [6.07, 6.45) is -4.11. The van der Waals surface area contributed by atoms with Crippen molar-refractivity contribution in [2.45, 2.75) is 71.3 Å². The molecule has 1 aromatic heterocycles. The molecule has 0 radical (unpaired) electrons. The zero-order valence-electron chi connectivity index (χ0n) is 19.3. The second-order valence-electron chi connectivity index (χ2n) is 10.5. The van der Waals surface area contributed by atoms with Crippen molar-refractivity contribution in [3.63, 3.8) is 0 Å². The number of halogens is 3. The maximum Gasteiger partial charge on any atom is 0.410 e. The SMILES string of the molecule is CC(C)(C)CC(C)(C)NC(=O)c1cc2n(n1)C(C(F)(F)F)CC(c1ccc3c(c1)OCO3)N2. The number of carbonyl (C=O) groups excluding carboxylic acids is 1. The van der Waals surface area contributed by atoms with Crippen molar-refractivity contribution >= 4 is 11.7 Å². The van der Waals surface area contributed by atoms with Crippen molar-refractivity contribution in [1.29, 1.82) is 0 Å². The lowest BCUT2D eigenvalue weighted by atomic mass is 9.82. The van der Waals surface area contributed by atoms with Crippen molar-refractivity contribution in [1.82, 2.24) is 15.1 Å².